The average molecular weight is 269 g/mol. The first-order valence-corrected chi connectivity index (χ1v) is 8.10. The van der Waals surface area contributed by atoms with Crippen molar-refractivity contribution in [2.24, 2.45) is 5.92 Å². The molecule has 1 aliphatic heterocycles. The number of aliphatic hydroxyl groups is 1. The summed E-state index contributed by atoms with van der Waals surface area (Å²) in [6, 6.07) is 6.75. The number of nitrogens with zero attached hydrogens (tertiary/aromatic N) is 1. The minimum absolute atomic E-state index is 0.0875. The Labute approximate surface area is 120 Å². The van der Waals surface area contributed by atoms with Crippen molar-refractivity contribution < 1.29 is 5.11 Å². The molecule has 0 amide bonds. The van der Waals surface area contributed by atoms with Crippen LogP contribution in [0.1, 0.15) is 43.2 Å². The van der Waals surface area contributed by atoms with E-state index >= 15 is 0 Å². The molecule has 1 aromatic heterocycles. The van der Waals surface area contributed by atoms with E-state index in [4.69, 9.17) is 0 Å². The van der Waals surface area contributed by atoms with Gasteiger partial charge in [0.1, 0.15) is 0 Å². The molecule has 106 valence electrons. The lowest BCUT2D eigenvalue weighted by molar-refractivity contribution is 0.0702. The van der Waals surface area contributed by atoms with E-state index in [-0.39, 0.29) is 6.10 Å². The van der Waals surface area contributed by atoms with Crippen molar-refractivity contribution in [3.63, 3.8) is 0 Å². The maximum atomic E-state index is 10.2. The van der Waals surface area contributed by atoms with Crippen molar-refractivity contribution in [1.82, 2.24) is 4.57 Å². The fourth-order valence-corrected chi connectivity index (χ4v) is 4.20. The third kappa shape index (κ3) is 1.98. The second-order valence-electron chi connectivity index (χ2n) is 6.58. The van der Waals surface area contributed by atoms with Crippen LogP contribution in [-0.2, 0) is 19.4 Å². The molecule has 0 radical (unpaired) electrons. The fraction of sp³-hybridized carbons (Fsp3) is 0.556. The second-order valence-corrected chi connectivity index (χ2v) is 6.58. The van der Waals surface area contributed by atoms with Gasteiger partial charge >= 0.3 is 0 Å². The molecule has 2 heteroatoms. The van der Waals surface area contributed by atoms with Crippen molar-refractivity contribution in [3.8, 4) is 0 Å². The standard InChI is InChI=1S/C18H23NO/c20-17-9-2-1-5-14(17)11-15-12-19-10-4-7-13-6-3-8-16(15)18(13)19/h3,6,8,12,14,17,20H,1-2,4-5,7,9-11H2. The van der Waals surface area contributed by atoms with E-state index in [1.807, 2.05) is 0 Å². The number of aryl methyl sites for hydroxylation is 2. The topological polar surface area (TPSA) is 25.2 Å². The lowest BCUT2D eigenvalue weighted by Crippen LogP contribution is -2.26. The Bertz CT molecular complexity index is 628. The van der Waals surface area contributed by atoms with Crippen molar-refractivity contribution in [2.75, 3.05) is 0 Å². The number of aliphatic hydroxyl groups excluding tert-OH is 1. The maximum Gasteiger partial charge on any atom is 0.0571 e. The van der Waals surface area contributed by atoms with Crippen LogP contribution in [0.3, 0.4) is 0 Å². The zero-order valence-electron chi connectivity index (χ0n) is 12.0. The number of rotatable bonds is 2. The van der Waals surface area contributed by atoms with Crippen molar-refractivity contribution in [2.45, 2.75) is 57.6 Å². The monoisotopic (exact) mass is 269 g/mol. The third-order valence-corrected chi connectivity index (χ3v) is 5.26. The van der Waals surface area contributed by atoms with Crippen LogP contribution in [0, 0.1) is 5.92 Å². The van der Waals surface area contributed by atoms with Crippen molar-refractivity contribution in [1.29, 1.82) is 0 Å². The molecule has 0 bridgehead atoms. The summed E-state index contributed by atoms with van der Waals surface area (Å²) >= 11 is 0. The van der Waals surface area contributed by atoms with Crippen LogP contribution < -0.4 is 0 Å². The van der Waals surface area contributed by atoms with E-state index in [2.05, 4.69) is 29.0 Å². The van der Waals surface area contributed by atoms with Crippen LogP contribution in [0.15, 0.2) is 24.4 Å². The SMILES string of the molecule is OC1CCCCC1Cc1cn2c3c(cccc13)CCC2. The molecule has 2 unspecified atom stereocenters. The van der Waals surface area contributed by atoms with Gasteiger partial charge in [0.15, 0.2) is 0 Å². The molecule has 1 aromatic carbocycles. The maximum absolute atomic E-state index is 10.2. The molecule has 2 aromatic rings. The summed E-state index contributed by atoms with van der Waals surface area (Å²) in [5.41, 5.74) is 4.41. The number of hydrogen-bond acceptors (Lipinski definition) is 1. The van der Waals surface area contributed by atoms with E-state index in [9.17, 15) is 5.11 Å². The minimum atomic E-state index is -0.0875. The Balaban J connectivity index is 1.72. The first-order chi connectivity index (χ1) is 9.83. The number of aromatic nitrogens is 1. The van der Waals surface area contributed by atoms with Gasteiger partial charge in [0.05, 0.1) is 11.6 Å². The smallest absolute Gasteiger partial charge is 0.0571 e. The Hall–Kier alpha value is -1.28. The van der Waals surface area contributed by atoms with E-state index in [1.165, 1.54) is 54.1 Å². The van der Waals surface area contributed by atoms with Gasteiger partial charge < -0.3 is 9.67 Å². The van der Waals surface area contributed by atoms with Gasteiger partial charge in [0, 0.05) is 18.1 Å². The van der Waals surface area contributed by atoms with Crippen molar-refractivity contribution in [3.05, 3.63) is 35.5 Å². The van der Waals surface area contributed by atoms with Gasteiger partial charge in [-0.15, -0.1) is 0 Å². The molecule has 1 saturated carbocycles. The molecule has 1 aliphatic carbocycles. The number of para-hydroxylation sites is 1. The average Bonchev–Trinajstić information content (AvgIpc) is 2.82. The molecular weight excluding hydrogens is 246 g/mol. The highest BCUT2D eigenvalue weighted by Gasteiger charge is 2.25. The zero-order chi connectivity index (χ0) is 13.5. The van der Waals surface area contributed by atoms with E-state index in [1.54, 1.807) is 0 Å². The summed E-state index contributed by atoms with van der Waals surface area (Å²) < 4.78 is 2.44. The van der Waals surface area contributed by atoms with Crippen LogP contribution in [0.2, 0.25) is 0 Å². The van der Waals surface area contributed by atoms with E-state index < -0.39 is 0 Å². The lowest BCUT2D eigenvalue weighted by Gasteiger charge is -2.27. The Morgan fingerprint density at radius 1 is 1.15 bits per heavy atom. The summed E-state index contributed by atoms with van der Waals surface area (Å²) in [6.07, 6.45) is 10.5. The number of hydrogen-bond donors (Lipinski definition) is 1. The summed E-state index contributed by atoms with van der Waals surface area (Å²) in [4.78, 5) is 0. The highest BCUT2D eigenvalue weighted by Crippen LogP contribution is 2.33. The first kappa shape index (κ1) is 12.5. The van der Waals surface area contributed by atoms with Crippen LogP contribution >= 0.6 is 0 Å². The summed E-state index contributed by atoms with van der Waals surface area (Å²) in [6.45, 7) is 1.15. The molecule has 2 nitrogen and oxygen atoms in total. The molecule has 2 heterocycles. The largest absolute Gasteiger partial charge is 0.393 e. The molecule has 2 atom stereocenters. The van der Waals surface area contributed by atoms with Gasteiger partial charge in [-0.25, -0.2) is 0 Å². The van der Waals surface area contributed by atoms with Gasteiger partial charge in [0.2, 0.25) is 0 Å². The van der Waals surface area contributed by atoms with E-state index in [0.717, 1.165) is 19.4 Å². The van der Waals surface area contributed by atoms with Crippen LogP contribution in [0.4, 0.5) is 0 Å². The van der Waals surface area contributed by atoms with E-state index in [0.29, 0.717) is 5.92 Å². The molecule has 4 rings (SSSR count). The molecular formula is C18H23NO. The molecule has 0 spiro atoms. The fourth-order valence-electron chi connectivity index (χ4n) is 4.20. The lowest BCUT2D eigenvalue weighted by atomic mass is 9.82. The Morgan fingerprint density at radius 3 is 2.95 bits per heavy atom. The number of benzene rings is 1. The predicted octanol–water partition coefficient (Wildman–Crippen LogP) is 3.68. The Kier molecular flexibility index (Phi) is 3.07. The predicted molar refractivity (Wildman–Crippen MR) is 81.9 cm³/mol. The van der Waals surface area contributed by atoms with Crippen molar-refractivity contribution >= 4 is 10.9 Å². The third-order valence-electron chi connectivity index (χ3n) is 5.26. The highest BCUT2D eigenvalue weighted by atomic mass is 16.3. The molecule has 1 fully saturated rings. The first-order valence-electron chi connectivity index (χ1n) is 8.10. The minimum Gasteiger partial charge on any atom is -0.393 e. The molecule has 1 N–H and O–H groups in total. The van der Waals surface area contributed by atoms with Gasteiger partial charge in [-0.2, -0.15) is 0 Å². The molecule has 20 heavy (non-hydrogen) atoms. The van der Waals surface area contributed by atoms with Crippen LogP contribution in [-0.4, -0.2) is 15.8 Å². The van der Waals surface area contributed by atoms with Gasteiger partial charge in [-0.3, -0.25) is 0 Å². The molecule has 0 saturated heterocycles. The Morgan fingerprint density at radius 2 is 2.05 bits per heavy atom. The summed E-state index contributed by atoms with van der Waals surface area (Å²) in [5.74, 6) is 0.465. The quantitative estimate of drug-likeness (QED) is 0.884. The summed E-state index contributed by atoms with van der Waals surface area (Å²) in [7, 11) is 0. The zero-order valence-corrected chi connectivity index (χ0v) is 12.0. The highest BCUT2D eigenvalue weighted by molar-refractivity contribution is 5.87. The summed E-state index contributed by atoms with van der Waals surface area (Å²) in [5, 5.41) is 11.7. The normalized spacial score (nSPS) is 26.1. The van der Waals surface area contributed by atoms with Gasteiger partial charge in [-0.05, 0) is 49.1 Å². The second kappa shape index (κ2) is 4.92. The molecule has 2 aliphatic rings. The van der Waals surface area contributed by atoms with Gasteiger partial charge in [0.25, 0.3) is 0 Å². The van der Waals surface area contributed by atoms with Crippen LogP contribution in [0.5, 0.6) is 0 Å². The van der Waals surface area contributed by atoms with Gasteiger partial charge in [-0.1, -0.05) is 31.0 Å². The van der Waals surface area contributed by atoms with Crippen LogP contribution in [0.25, 0.3) is 10.9 Å².